The standard InChI is InChI=1S/C12H15F3O4S/c1-11(2,3)8-5-9(18-4)7-10(6-8)19-20(16,17)12(13,14)15/h5-7H,1-4H3. The number of ether oxygens (including phenoxy) is 1. The van der Waals surface area contributed by atoms with Crippen LogP contribution in [0.5, 0.6) is 11.5 Å². The van der Waals surface area contributed by atoms with E-state index < -0.39 is 26.8 Å². The van der Waals surface area contributed by atoms with Crippen molar-refractivity contribution in [2.24, 2.45) is 0 Å². The van der Waals surface area contributed by atoms with Crippen LogP contribution in [0, 0.1) is 0 Å². The Morgan fingerprint density at radius 3 is 1.90 bits per heavy atom. The summed E-state index contributed by atoms with van der Waals surface area (Å²) >= 11 is 0. The van der Waals surface area contributed by atoms with Crippen molar-refractivity contribution < 1.29 is 30.5 Å². The van der Waals surface area contributed by atoms with Crippen molar-refractivity contribution in [1.29, 1.82) is 0 Å². The van der Waals surface area contributed by atoms with Crippen LogP contribution in [0.15, 0.2) is 18.2 Å². The fraction of sp³-hybridized carbons (Fsp3) is 0.500. The summed E-state index contributed by atoms with van der Waals surface area (Å²) in [6.45, 7) is 5.47. The second-order valence-corrected chi connectivity index (χ2v) is 6.67. The maximum Gasteiger partial charge on any atom is 0.534 e. The Kier molecular flexibility index (Phi) is 4.28. The number of benzene rings is 1. The molecule has 0 bridgehead atoms. The SMILES string of the molecule is COc1cc(OS(=O)(=O)C(F)(F)F)cc(C(C)(C)C)c1. The Morgan fingerprint density at radius 1 is 1.00 bits per heavy atom. The van der Waals surface area contributed by atoms with Gasteiger partial charge >= 0.3 is 15.6 Å². The predicted octanol–water partition coefficient (Wildman–Crippen LogP) is 3.22. The molecule has 1 rings (SSSR count). The average molecular weight is 312 g/mol. The van der Waals surface area contributed by atoms with Gasteiger partial charge in [0.15, 0.2) is 0 Å². The maximum absolute atomic E-state index is 12.3. The summed E-state index contributed by atoms with van der Waals surface area (Å²) in [5.41, 5.74) is -5.30. The molecule has 1 aromatic rings. The van der Waals surface area contributed by atoms with Crippen LogP contribution in [-0.4, -0.2) is 21.0 Å². The van der Waals surface area contributed by atoms with Gasteiger partial charge in [-0.25, -0.2) is 0 Å². The highest BCUT2D eigenvalue weighted by Gasteiger charge is 2.48. The molecule has 0 N–H and O–H groups in total. The molecule has 0 saturated heterocycles. The number of hydrogen-bond acceptors (Lipinski definition) is 4. The van der Waals surface area contributed by atoms with Crippen molar-refractivity contribution in [2.45, 2.75) is 31.7 Å². The van der Waals surface area contributed by atoms with Gasteiger partial charge in [-0.05, 0) is 23.1 Å². The molecule has 20 heavy (non-hydrogen) atoms. The maximum atomic E-state index is 12.3. The van der Waals surface area contributed by atoms with Gasteiger partial charge in [0, 0.05) is 6.07 Å². The van der Waals surface area contributed by atoms with E-state index in [-0.39, 0.29) is 5.75 Å². The summed E-state index contributed by atoms with van der Waals surface area (Å²) in [4.78, 5) is 0. The molecule has 0 unspecified atom stereocenters. The van der Waals surface area contributed by atoms with Gasteiger partial charge in [0.1, 0.15) is 11.5 Å². The zero-order chi connectivity index (χ0) is 15.8. The predicted molar refractivity (Wildman–Crippen MR) is 67.3 cm³/mol. The molecule has 0 fully saturated rings. The van der Waals surface area contributed by atoms with E-state index >= 15 is 0 Å². The third-order valence-corrected chi connectivity index (χ3v) is 3.45. The molecule has 4 nitrogen and oxygen atoms in total. The van der Waals surface area contributed by atoms with Gasteiger partial charge in [0.2, 0.25) is 0 Å². The van der Waals surface area contributed by atoms with Crippen LogP contribution < -0.4 is 8.92 Å². The van der Waals surface area contributed by atoms with Gasteiger partial charge in [-0.15, -0.1) is 0 Å². The van der Waals surface area contributed by atoms with Crippen molar-refractivity contribution in [3.05, 3.63) is 23.8 Å². The summed E-state index contributed by atoms with van der Waals surface area (Å²) in [5, 5.41) is 0. The van der Waals surface area contributed by atoms with Crippen molar-refractivity contribution in [3.63, 3.8) is 0 Å². The third-order valence-electron chi connectivity index (χ3n) is 2.47. The lowest BCUT2D eigenvalue weighted by Gasteiger charge is -2.21. The van der Waals surface area contributed by atoms with Gasteiger partial charge < -0.3 is 8.92 Å². The summed E-state index contributed by atoms with van der Waals surface area (Å²) in [6, 6.07) is 3.93. The van der Waals surface area contributed by atoms with Crippen molar-refractivity contribution in [3.8, 4) is 11.5 Å². The van der Waals surface area contributed by atoms with Gasteiger partial charge in [0.25, 0.3) is 0 Å². The van der Waals surface area contributed by atoms with Crippen molar-refractivity contribution in [2.75, 3.05) is 7.11 Å². The Bertz CT molecular complexity index is 586. The minimum atomic E-state index is -5.69. The molecule has 8 heteroatoms. The van der Waals surface area contributed by atoms with E-state index in [4.69, 9.17) is 4.74 Å². The Balaban J connectivity index is 3.27. The largest absolute Gasteiger partial charge is 0.534 e. The van der Waals surface area contributed by atoms with Crippen LogP contribution >= 0.6 is 0 Å². The van der Waals surface area contributed by atoms with E-state index in [9.17, 15) is 21.6 Å². The van der Waals surface area contributed by atoms with Gasteiger partial charge in [-0.2, -0.15) is 21.6 Å². The second kappa shape index (κ2) is 5.16. The van der Waals surface area contributed by atoms with Crippen molar-refractivity contribution >= 4 is 10.1 Å². The molecule has 0 aliphatic heterocycles. The highest BCUT2D eigenvalue weighted by atomic mass is 32.2. The van der Waals surface area contributed by atoms with Crippen LogP contribution in [0.1, 0.15) is 26.3 Å². The van der Waals surface area contributed by atoms with Crippen LogP contribution in [0.2, 0.25) is 0 Å². The smallest absolute Gasteiger partial charge is 0.497 e. The quantitative estimate of drug-likeness (QED) is 0.635. The molecule has 0 spiro atoms. The van der Waals surface area contributed by atoms with E-state index in [1.807, 2.05) is 20.8 Å². The first-order valence-electron chi connectivity index (χ1n) is 5.57. The fourth-order valence-electron chi connectivity index (χ4n) is 1.34. The molecular formula is C12H15F3O4S. The lowest BCUT2D eigenvalue weighted by molar-refractivity contribution is -0.0500. The van der Waals surface area contributed by atoms with E-state index in [2.05, 4.69) is 4.18 Å². The fourth-order valence-corrected chi connectivity index (χ4v) is 1.79. The summed E-state index contributed by atoms with van der Waals surface area (Å²) < 4.78 is 67.9. The zero-order valence-electron chi connectivity index (χ0n) is 11.4. The Labute approximate surface area is 115 Å². The first-order chi connectivity index (χ1) is 8.87. The summed E-state index contributed by atoms with van der Waals surface area (Å²) in [5.74, 6) is -0.226. The van der Waals surface area contributed by atoms with Gasteiger partial charge in [0.05, 0.1) is 7.11 Å². The Morgan fingerprint density at radius 2 is 1.50 bits per heavy atom. The molecule has 0 radical (unpaired) electrons. The molecule has 0 aliphatic rings. The van der Waals surface area contributed by atoms with E-state index in [0.717, 1.165) is 6.07 Å². The van der Waals surface area contributed by atoms with Crippen LogP contribution in [0.3, 0.4) is 0 Å². The molecule has 114 valence electrons. The van der Waals surface area contributed by atoms with E-state index in [0.29, 0.717) is 5.56 Å². The molecule has 0 aliphatic carbocycles. The number of hydrogen-bond donors (Lipinski definition) is 0. The first kappa shape index (κ1) is 16.6. The van der Waals surface area contributed by atoms with Crippen LogP contribution in [0.4, 0.5) is 13.2 Å². The monoisotopic (exact) mass is 312 g/mol. The molecule has 1 aromatic carbocycles. The number of alkyl halides is 3. The lowest BCUT2D eigenvalue weighted by atomic mass is 9.87. The minimum Gasteiger partial charge on any atom is -0.497 e. The van der Waals surface area contributed by atoms with Crippen molar-refractivity contribution in [1.82, 2.24) is 0 Å². The van der Waals surface area contributed by atoms with Gasteiger partial charge in [-0.3, -0.25) is 0 Å². The second-order valence-electron chi connectivity index (χ2n) is 5.13. The summed E-state index contributed by atoms with van der Waals surface area (Å²) in [6.07, 6.45) is 0. The Hall–Kier alpha value is -1.44. The number of rotatable bonds is 3. The lowest BCUT2D eigenvalue weighted by Crippen LogP contribution is -2.28. The topological polar surface area (TPSA) is 52.6 Å². The van der Waals surface area contributed by atoms with E-state index in [1.165, 1.54) is 13.2 Å². The molecular weight excluding hydrogens is 297 g/mol. The molecule has 0 amide bonds. The number of methoxy groups -OCH3 is 1. The number of halogens is 3. The van der Waals surface area contributed by atoms with Gasteiger partial charge in [-0.1, -0.05) is 20.8 Å². The van der Waals surface area contributed by atoms with E-state index in [1.54, 1.807) is 6.07 Å². The summed E-state index contributed by atoms with van der Waals surface area (Å²) in [7, 11) is -4.37. The first-order valence-corrected chi connectivity index (χ1v) is 6.98. The van der Waals surface area contributed by atoms with Crippen LogP contribution in [-0.2, 0) is 15.5 Å². The third kappa shape index (κ3) is 3.78. The molecule has 0 heterocycles. The molecule has 0 saturated carbocycles. The van der Waals surface area contributed by atoms with Crippen LogP contribution in [0.25, 0.3) is 0 Å². The molecule has 0 aromatic heterocycles. The highest BCUT2D eigenvalue weighted by molar-refractivity contribution is 7.88. The minimum absolute atomic E-state index is 0.213. The highest BCUT2D eigenvalue weighted by Crippen LogP contribution is 2.33. The zero-order valence-corrected chi connectivity index (χ0v) is 12.2. The molecule has 0 atom stereocenters. The average Bonchev–Trinajstić information content (AvgIpc) is 2.25. The normalized spacial score (nSPS) is 13.2.